The predicted octanol–water partition coefficient (Wildman–Crippen LogP) is 4.61. The number of nitro benzene ring substituents is 1. The first-order valence-corrected chi connectivity index (χ1v) is 9.11. The van der Waals surface area contributed by atoms with E-state index in [1.165, 1.54) is 24.5 Å². The number of furan rings is 1. The number of amides is 1. The van der Waals surface area contributed by atoms with E-state index >= 15 is 0 Å². The molecule has 1 aromatic heterocycles. The average molecular weight is 461 g/mol. The molecule has 0 radical (unpaired) electrons. The number of hydrogen-bond donors (Lipinski definition) is 3. The molecular formula is C20H14ClFN4O6. The third-order valence-corrected chi connectivity index (χ3v) is 4.32. The zero-order valence-corrected chi connectivity index (χ0v) is 17.0. The fourth-order valence-corrected chi connectivity index (χ4v) is 2.88. The molecule has 0 saturated heterocycles. The van der Waals surface area contributed by atoms with Crippen molar-refractivity contribution in [3.05, 3.63) is 86.6 Å². The molecule has 1 amide bonds. The number of carbonyl (C=O) groups is 1. The molecule has 0 saturated carbocycles. The highest BCUT2D eigenvalue weighted by atomic mass is 35.5. The summed E-state index contributed by atoms with van der Waals surface area (Å²) in [6.07, 6.45) is 1.33. The number of nitro groups is 1. The van der Waals surface area contributed by atoms with Crippen LogP contribution in [-0.4, -0.2) is 29.7 Å². The molecule has 12 heteroatoms. The molecule has 0 bridgehead atoms. The molecule has 3 rings (SSSR count). The van der Waals surface area contributed by atoms with Gasteiger partial charge in [0.1, 0.15) is 5.82 Å². The molecule has 0 aliphatic heterocycles. The van der Waals surface area contributed by atoms with E-state index in [-0.39, 0.29) is 33.3 Å². The standard InChI is InChI=1S/C20H14ClFN4O6/c1-30-17-12(8-11(21)9-15(17)26(28)29)20(27)25-14-7-10(4-5-13(14)22)18(23)32-19(24)16-3-2-6-31-16/h2-9,23-24H,1H3,(H,25,27). The second kappa shape index (κ2) is 9.27. The van der Waals surface area contributed by atoms with Gasteiger partial charge in [-0.25, -0.2) is 4.39 Å². The normalized spacial score (nSPS) is 10.3. The minimum absolute atomic E-state index is 0.0436. The Hall–Kier alpha value is -4.25. The molecular weight excluding hydrogens is 447 g/mol. The minimum Gasteiger partial charge on any atom is -0.490 e. The first kappa shape index (κ1) is 22.4. The van der Waals surface area contributed by atoms with Gasteiger partial charge in [-0.05, 0) is 36.4 Å². The number of nitrogens with zero attached hydrogens (tertiary/aromatic N) is 1. The van der Waals surface area contributed by atoms with Crippen LogP contribution >= 0.6 is 11.6 Å². The summed E-state index contributed by atoms with van der Waals surface area (Å²) >= 11 is 5.87. The number of benzene rings is 2. The van der Waals surface area contributed by atoms with Crippen LogP contribution in [0, 0.1) is 26.8 Å². The summed E-state index contributed by atoms with van der Waals surface area (Å²) in [6.45, 7) is 0. The Balaban J connectivity index is 1.87. The highest BCUT2D eigenvalue weighted by molar-refractivity contribution is 6.31. The molecule has 0 fully saturated rings. The van der Waals surface area contributed by atoms with Crippen LogP contribution in [-0.2, 0) is 4.74 Å². The lowest BCUT2D eigenvalue weighted by molar-refractivity contribution is -0.385. The third-order valence-electron chi connectivity index (χ3n) is 4.11. The highest BCUT2D eigenvalue weighted by Crippen LogP contribution is 2.35. The maximum atomic E-state index is 14.3. The van der Waals surface area contributed by atoms with Crippen LogP contribution in [0.15, 0.2) is 53.1 Å². The lowest BCUT2D eigenvalue weighted by Crippen LogP contribution is -2.16. The Kier molecular flexibility index (Phi) is 6.50. The van der Waals surface area contributed by atoms with Gasteiger partial charge in [-0.1, -0.05) is 11.6 Å². The summed E-state index contributed by atoms with van der Waals surface area (Å²) in [7, 11) is 1.14. The summed E-state index contributed by atoms with van der Waals surface area (Å²) in [6, 6.07) is 8.46. The van der Waals surface area contributed by atoms with Gasteiger partial charge in [-0.15, -0.1) is 0 Å². The molecule has 2 aromatic carbocycles. The molecule has 3 aromatic rings. The third kappa shape index (κ3) is 4.73. The van der Waals surface area contributed by atoms with Gasteiger partial charge in [0.05, 0.1) is 29.5 Å². The second-order valence-electron chi connectivity index (χ2n) is 6.15. The zero-order chi connectivity index (χ0) is 23.4. The number of rotatable bonds is 6. The lowest BCUT2D eigenvalue weighted by atomic mass is 10.1. The number of hydrogen-bond acceptors (Lipinski definition) is 8. The van der Waals surface area contributed by atoms with E-state index in [0.717, 1.165) is 31.4 Å². The maximum absolute atomic E-state index is 14.3. The molecule has 10 nitrogen and oxygen atoms in total. The second-order valence-corrected chi connectivity index (χ2v) is 6.59. The van der Waals surface area contributed by atoms with Crippen molar-refractivity contribution in [1.29, 1.82) is 10.8 Å². The summed E-state index contributed by atoms with van der Waals surface area (Å²) in [4.78, 5) is 23.2. The maximum Gasteiger partial charge on any atom is 0.313 e. The molecule has 0 aliphatic rings. The van der Waals surface area contributed by atoms with Crippen LogP contribution in [0.1, 0.15) is 21.7 Å². The molecule has 32 heavy (non-hydrogen) atoms. The van der Waals surface area contributed by atoms with Crippen LogP contribution in [0.3, 0.4) is 0 Å². The minimum atomic E-state index is -0.931. The number of ether oxygens (including phenoxy) is 2. The quantitative estimate of drug-likeness (QED) is 0.211. The Morgan fingerprint density at radius 3 is 2.59 bits per heavy atom. The topological polar surface area (TPSA) is 152 Å². The van der Waals surface area contributed by atoms with Gasteiger partial charge < -0.3 is 19.2 Å². The van der Waals surface area contributed by atoms with E-state index < -0.39 is 34.1 Å². The summed E-state index contributed by atoms with van der Waals surface area (Å²) in [5.74, 6) is -2.98. The van der Waals surface area contributed by atoms with Gasteiger partial charge in [-0.2, -0.15) is 0 Å². The van der Waals surface area contributed by atoms with E-state index in [1.807, 2.05) is 0 Å². The van der Waals surface area contributed by atoms with Crippen molar-refractivity contribution in [2.75, 3.05) is 12.4 Å². The van der Waals surface area contributed by atoms with Crippen molar-refractivity contribution in [2.45, 2.75) is 0 Å². The molecule has 0 spiro atoms. The first-order chi connectivity index (χ1) is 15.2. The molecule has 0 unspecified atom stereocenters. The Labute approximate surface area is 184 Å². The van der Waals surface area contributed by atoms with Gasteiger partial charge >= 0.3 is 5.69 Å². The SMILES string of the molecule is COc1c(C(=O)Nc2cc(C(=N)OC(=N)c3ccco3)ccc2F)cc(Cl)cc1[N+](=O)[O-]. The van der Waals surface area contributed by atoms with Crippen LogP contribution in [0.25, 0.3) is 0 Å². The zero-order valence-electron chi connectivity index (χ0n) is 16.3. The van der Waals surface area contributed by atoms with E-state index in [1.54, 1.807) is 0 Å². The van der Waals surface area contributed by atoms with Crippen LogP contribution < -0.4 is 10.1 Å². The van der Waals surface area contributed by atoms with Gasteiger partial charge in [-0.3, -0.25) is 25.7 Å². The van der Waals surface area contributed by atoms with Crippen LogP contribution in [0.4, 0.5) is 15.8 Å². The van der Waals surface area contributed by atoms with Crippen molar-refractivity contribution in [3.8, 4) is 5.75 Å². The highest BCUT2D eigenvalue weighted by Gasteiger charge is 2.25. The largest absolute Gasteiger partial charge is 0.490 e. The average Bonchev–Trinajstić information content (AvgIpc) is 3.29. The lowest BCUT2D eigenvalue weighted by Gasteiger charge is -2.12. The molecule has 0 aliphatic carbocycles. The number of anilines is 1. The monoisotopic (exact) mass is 460 g/mol. The van der Waals surface area contributed by atoms with E-state index in [9.17, 15) is 19.3 Å². The van der Waals surface area contributed by atoms with Gasteiger partial charge in [0.15, 0.2) is 5.76 Å². The van der Waals surface area contributed by atoms with E-state index in [4.69, 9.17) is 36.3 Å². The molecule has 1 heterocycles. The number of methoxy groups -OCH3 is 1. The Morgan fingerprint density at radius 2 is 1.97 bits per heavy atom. The van der Waals surface area contributed by atoms with Crippen molar-refractivity contribution in [3.63, 3.8) is 0 Å². The van der Waals surface area contributed by atoms with Crippen LogP contribution in [0.5, 0.6) is 5.75 Å². The summed E-state index contributed by atoms with van der Waals surface area (Å²) in [5, 5.41) is 29.2. The van der Waals surface area contributed by atoms with Crippen molar-refractivity contribution in [1.82, 2.24) is 0 Å². The number of carbonyl (C=O) groups excluding carboxylic acids is 1. The van der Waals surface area contributed by atoms with Crippen LogP contribution in [0.2, 0.25) is 5.02 Å². The molecule has 0 atom stereocenters. The predicted molar refractivity (Wildman–Crippen MR) is 112 cm³/mol. The van der Waals surface area contributed by atoms with Crippen molar-refractivity contribution >= 4 is 40.7 Å². The number of nitrogens with one attached hydrogen (secondary N) is 3. The fraction of sp³-hybridized carbons (Fsp3) is 0.0500. The van der Waals surface area contributed by atoms with Gasteiger partial charge in [0, 0.05) is 16.7 Å². The van der Waals surface area contributed by atoms with Gasteiger partial charge in [0.2, 0.25) is 11.6 Å². The van der Waals surface area contributed by atoms with Gasteiger partial charge in [0.25, 0.3) is 11.8 Å². The fourth-order valence-electron chi connectivity index (χ4n) is 2.67. The van der Waals surface area contributed by atoms with Crippen molar-refractivity contribution < 1.29 is 28.0 Å². The first-order valence-electron chi connectivity index (χ1n) is 8.73. The smallest absolute Gasteiger partial charge is 0.313 e. The van der Waals surface area contributed by atoms with E-state index in [0.29, 0.717) is 0 Å². The Bertz CT molecular complexity index is 1230. The van der Waals surface area contributed by atoms with E-state index in [2.05, 4.69) is 5.32 Å². The molecule has 164 valence electrons. The van der Waals surface area contributed by atoms with Crippen molar-refractivity contribution in [2.24, 2.45) is 0 Å². The number of halogens is 2. The Morgan fingerprint density at radius 1 is 1.22 bits per heavy atom. The summed E-state index contributed by atoms with van der Waals surface area (Å²) < 4.78 is 29.4. The molecule has 3 N–H and O–H groups in total. The summed E-state index contributed by atoms with van der Waals surface area (Å²) in [5.41, 5.74) is -1.12.